The number of benzene rings is 1. The Morgan fingerprint density at radius 1 is 1.22 bits per heavy atom. The number of pyridine rings is 1. The average Bonchev–Trinajstić information content (AvgIpc) is 2.87. The summed E-state index contributed by atoms with van der Waals surface area (Å²) in [6, 6.07) is 10.6. The Labute approximate surface area is 110 Å². The van der Waals surface area contributed by atoms with Crippen molar-refractivity contribution < 1.29 is 0 Å². The summed E-state index contributed by atoms with van der Waals surface area (Å²) in [5.41, 5.74) is 2.55. The SMILES string of the molecule is CNCc1csc(-c2cncc3ccccc23)c1. The van der Waals surface area contributed by atoms with Gasteiger partial charge in [-0.2, -0.15) is 0 Å². The molecule has 3 rings (SSSR count). The first kappa shape index (κ1) is 11.4. The minimum atomic E-state index is 0.911. The van der Waals surface area contributed by atoms with Crippen LogP contribution >= 0.6 is 11.3 Å². The Hall–Kier alpha value is -1.71. The van der Waals surface area contributed by atoms with Gasteiger partial charge in [0, 0.05) is 34.8 Å². The van der Waals surface area contributed by atoms with E-state index in [2.05, 4.69) is 46.0 Å². The van der Waals surface area contributed by atoms with Gasteiger partial charge in [-0.15, -0.1) is 11.3 Å². The molecular weight excluding hydrogens is 240 g/mol. The lowest BCUT2D eigenvalue weighted by Gasteiger charge is -2.03. The molecule has 0 unspecified atom stereocenters. The van der Waals surface area contributed by atoms with Gasteiger partial charge >= 0.3 is 0 Å². The Kier molecular flexibility index (Phi) is 3.09. The molecule has 2 nitrogen and oxygen atoms in total. The fourth-order valence-corrected chi connectivity index (χ4v) is 3.07. The summed E-state index contributed by atoms with van der Waals surface area (Å²) in [5, 5.41) is 7.84. The summed E-state index contributed by atoms with van der Waals surface area (Å²) in [6.07, 6.45) is 3.87. The average molecular weight is 254 g/mol. The van der Waals surface area contributed by atoms with Gasteiger partial charge in [0.2, 0.25) is 0 Å². The van der Waals surface area contributed by atoms with Crippen LogP contribution in [0.25, 0.3) is 21.2 Å². The zero-order chi connectivity index (χ0) is 12.4. The zero-order valence-corrected chi connectivity index (χ0v) is 11.0. The fraction of sp³-hybridized carbons (Fsp3) is 0.133. The third-order valence-corrected chi connectivity index (χ3v) is 3.98. The standard InChI is InChI=1S/C15H14N2S/c1-16-7-11-6-15(18-10-11)14-9-17-8-12-4-2-3-5-13(12)14/h2-6,8-10,16H,7H2,1H3. The maximum absolute atomic E-state index is 4.34. The number of thiophene rings is 1. The molecule has 3 heteroatoms. The van der Waals surface area contributed by atoms with Crippen LogP contribution in [0.5, 0.6) is 0 Å². The molecule has 0 amide bonds. The highest BCUT2D eigenvalue weighted by Crippen LogP contribution is 2.32. The molecule has 1 aromatic carbocycles. The highest BCUT2D eigenvalue weighted by molar-refractivity contribution is 7.13. The lowest BCUT2D eigenvalue weighted by atomic mass is 10.1. The molecule has 0 radical (unpaired) electrons. The molecule has 2 heterocycles. The Bertz CT molecular complexity index is 668. The molecule has 18 heavy (non-hydrogen) atoms. The van der Waals surface area contributed by atoms with Gasteiger partial charge in [-0.1, -0.05) is 24.3 Å². The molecule has 1 N–H and O–H groups in total. The van der Waals surface area contributed by atoms with Crippen molar-refractivity contribution in [1.82, 2.24) is 10.3 Å². The van der Waals surface area contributed by atoms with Crippen molar-refractivity contribution in [2.75, 3.05) is 7.05 Å². The number of aromatic nitrogens is 1. The maximum Gasteiger partial charge on any atom is 0.0367 e. The second-order valence-corrected chi connectivity index (χ2v) is 5.17. The van der Waals surface area contributed by atoms with Crippen molar-refractivity contribution in [2.45, 2.75) is 6.54 Å². The molecule has 0 aliphatic carbocycles. The van der Waals surface area contributed by atoms with Crippen LogP contribution in [-0.4, -0.2) is 12.0 Å². The van der Waals surface area contributed by atoms with Gasteiger partial charge in [0.25, 0.3) is 0 Å². The number of nitrogens with one attached hydrogen (secondary N) is 1. The third-order valence-electron chi connectivity index (χ3n) is 2.97. The topological polar surface area (TPSA) is 24.9 Å². The van der Waals surface area contributed by atoms with Crippen molar-refractivity contribution in [2.24, 2.45) is 0 Å². The van der Waals surface area contributed by atoms with E-state index in [-0.39, 0.29) is 0 Å². The first-order chi connectivity index (χ1) is 8.88. The number of rotatable bonds is 3. The van der Waals surface area contributed by atoms with E-state index in [1.807, 2.05) is 19.4 Å². The molecule has 0 saturated heterocycles. The lowest BCUT2D eigenvalue weighted by molar-refractivity contribution is 0.821. The fourth-order valence-electron chi connectivity index (χ4n) is 2.13. The molecule has 90 valence electrons. The number of fused-ring (bicyclic) bond motifs is 1. The normalized spacial score (nSPS) is 10.9. The van der Waals surface area contributed by atoms with E-state index in [4.69, 9.17) is 0 Å². The van der Waals surface area contributed by atoms with Crippen LogP contribution in [0.1, 0.15) is 5.56 Å². The van der Waals surface area contributed by atoms with Crippen molar-refractivity contribution in [3.05, 3.63) is 53.7 Å². The summed E-state index contributed by atoms with van der Waals surface area (Å²) >= 11 is 1.78. The van der Waals surface area contributed by atoms with Crippen LogP contribution < -0.4 is 5.32 Å². The van der Waals surface area contributed by atoms with Gasteiger partial charge in [-0.05, 0) is 29.4 Å². The van der Waals surface area contributed by atoms with Crippen molar-refractivity contribution in [3.63, 3.8) is 0 Å². The van der Waals surface area contributed by atoms with E-state index in [1.165, 1.54) is 26.8 Å². The van der Waals surface area contributed by atoms with Gasteiger partial charge in [-0.3, -0.25) is 4.98 Å². The molecule has 0 aliphatic heterocycles. The summed E-state index contributed by atoms with van der Waals surface area (Å²) in [5.74, 6) is 0. The van der Waals surface area contributed by atoms with Crippen LogP contribution in [-0.2, 0) is 6.54 Å². The summed E-state index contributed by atoms with van der Waals surface area (Å²) in [7, 11) is 1.97. The van der Waals surface area contributed by atoms with E-state index < -0.39 is 0 Å². The quantitative estimate of drug-likeness (QED) is 0.771. The number of hydrogen-bond acceptors (Lipinski definition) is 3. The summed E-state index contributed by atoms with van der Waals surface area (Å²) in [4.78, 5) is 5.62. The predicted octanol–water partition coefficient (Wildman–Crippen LogP) is 3.68. The van der Waals surface area contributed by atoms with Gasteiger partial charge in [0.05, 0.1) is 0 Å². The van der Waals surface area contributed by atoms with Crippen LogP contribution in [0, 0.1) is 0 Å². The molecule has 0 spiro atoms. The van der Waals surface area contributed by atoms with Crippen molar-refractivity contribution in [3.8, 4) is 10.4 Å². The second-order valence-electron chi connectivity index (χ2n) is 4.26. The molecule has 3 aromatic rings. The van der Waals surface area contributed by atoms with Crippen molar-refractivity contribution >= 4 is 22.1 Å². The zero-order valence-electron chi connectivity index (χ0n) is 10.2. The van der Waals surface area contributed by atoms with E-state index in [9.17, 15) is 0 Å². The van der Waals surface area contributed by atoms with E-state index in [1.54, 1.807) is 11.3 Å². The molecule has 0 fully saturated rings. The van der Waals surface area contributed by atoms with E-state index >= 15 is 0 Å². The smallest absolute Gasteiger partial charge is 0.0367 e. The van der Waals surface area contributed by atoms with E-state index in [0.717, 1.165) is 6.54 Å². The molecule has 0 bridgehead atoms. The maximum atomic E-state index is 4.34. The lowest BCUT2D eigenvalue weighted by Crippen LogP contribution is -2.03. The van der Waals surface area contributed by atoms with Gasteiger partial charge < -0.3 is 5.32 Å². The Morgan fingerprint density at radius 3 is 3.00 bits per heavy atom. The number of hydrogen-bond donors (Lipinski definition) is 1. The second kappa shape index (κ2) is 4.88. The minimum absolute atomic E-state index is 0.911. The molecular formula is C15H14N2S. The molecule has 0 saturated carbocycles. The highest BCUT2D eigenvalue weighted by Gasteiger charge is 2.06. The predicted molar refractivity (Wildman–Crippen MR) is 77.8 cm³/mol. The third kappa shape index (κ3) is 2.03. The van der Waals surface area contributed by atoms with Crippen molar-refractivity contribution in [1.29, 1.82) is 0 Å². The molecule has 2 aromatic heterocycles. The van der Waals surface area contributed by atoms with Crippen LogP contribution in [0.2, 0.25) is 0 Å². The van der Waals surface area contributed by atoms with Gasteiger partial charge in [-0.25, -0.2) is 0 Å². The van der Waals surface area contributed by atoms with E-state index in [0.29, 0.717) is 0 Å². The molecule has 0 atom stereocenters. The first-order valence-corrected chi connectivity index (χ1v) is 6.81. The molecule has 0 aliphatic rings. The van der Waals surface area contributed by atoms with Crippen LogP contribution in [0.4, 0.5) is 0 Å². The Morgan fingerprint density at radius 2 is 2.11 bits per heavy atom. The highest BCUT2D eigenvalue weighted by atomic mass is 32.1. The van der Waals surface area contributed by atoms with Gasteiger partial charge in [0.15, 0.2) is 0 Å². The largest absolute Gasteiger partial charge is 0.316 e. The first-order valence-electron chi connectivity index (χ1n) is 5.93. The minimum Gasteiger partial charge on any atom is -0.316 e. The summed E-state index contributed by atoms with van der Waals surface area (Å²) < 4.78 is 0. The summed E-state index contributed by atoms with van der Waals surface area (Å²) in [6.45, 7) is 0.911. The Balaban J connectivity index is 2.12. The van der Waals surface area contributed by atoms with Crippen LogP contribution in [0.15, 0.2) is 48.1 Å². The monoisotopic (exact) mass is 254 g/mol. The van der Waals surface area contributed by atoms with Crippen LogP contribution in [0.3, 0.4) is 0 Å². The van der Waals surface area contributed by atoms with Gasteiger partial charge in [0.1, 0.15) is 0 Å². The number of nitrogens with zero attached hydrogens (tertiary/aromatic N) is 1.